The number of anilines is 1. The van der Waals surface area contributed by atoms with Crippen molar-refractivity contribution in [3.05, 3.63) is 75.6 Å². The molecule has 0 saturated carbocycles. The second-order valence-corrected chi connectivity index (χ2v) is 7.97. The van der Waals surface area contributed by atoms with Gasteiger partial charge in [-0.3, -0.25) is 9.89 Å². The number of H-pyrrole nitrogens is 1. The zero-order chi connectivity index (χ0) is 21.0. The van der Waals surface area contributed by atoms with Crippen LogP contribution in [0.25, 0.3) is 11.3 Å². The number of carbonyl (C=O) groups excluding carboxylic acids is 1. The normalized spacial score (nSPS) is 19.5. The van der Waals surface area contributed by atoms with Crippen LogP contribution in [-0.2, 0) is 10.2 Å². The molecule has 0 bridgehead atoms. The number of hydrogen-bond acceptors (Lipinski definition) is 5. The molecule has 2 aliphatic rings. The fraction of sp³-hybridized carbons (Fsp3) is 0.136. The Morgan fingerprint density at radius 2 is 2.07 bits per heavy atom. The number of likely N-dealkylation sites (N-methyl/N-ethyl adjacent to an activating group) is 1. The van der Waals surface area contributed by atoms with E-state index in [9.17, 15) is 10.1 Å². The Hall–Kier alpha value is -3.57. The third-order valence-corrected chi connectivity index (χ3v) is 6.14. The van der Waals surface area contributed by atoms with E-state index in [2.05, 4.69) is 32.2 Å². The second-order valence-electron chi connectivity index (χ2n) is 7.06. The van der Waals surface area contributed by atoms with Crippen molar-refractivity contribution in [2.75, 3.05) is 11.4 Å². The maximum Gasteiger partial charge on any atom is 0.247 e. The van der Waals surface area contributed by atoms with Crippen LogP contribution >= 0.6 is 15.9 Å². The van der Waals surface area contributed by atoms with Gasteiger partial charge in [0, 0.05) is 27.8 Å². The number of ether oxygens (including phenoxy) is 1. The van der Waals surface area contributed by atoms with E-state index in [1.165, 1.54) is 0 Å². The first kappa shape index (κ1) is 18.5. The van der Waals surface area contributed by atoms with Gasteiger partial charge in [0.1, 0.15) is 17.1 Å². The number of nitrogens with zero attached hydrogens (tertiary/aromatic N) is 3. The molecule has 1 spiro atoms. The first-order valence-electron chi connectivity index (χ1n) is 9.38. The van der Waals surface area contributed by atoms with Crippen LogP contribution < -0.4 is 15.4 Å². The lowest BCUT2D eigenvalue weighted by Crippen LogP contribution is -2.46. The van der Waals surface area contributed by atoms with Crippen LogP contribution in [0.4, 0.5) is 5.69 Å². The number of halogens is 1. The fourth-order valence-electron chi connectivity index (χ4n) is 4.43. The number of benzene rings is 2. The summed E-state index contributed by atoms with van der Waals surface area (Å²) in [5.41, 5.74) is 8.12. The van der Waals surface area contributed by atoms with E-state index in [0.717, 1.165) is 15.7 Å². The van der Waals surface area contributed by atoms with Crippen molar-refractivity contribution in [2.45, 2.75) is 12.3 Å². The van der Waals surface area contributed by atoms with Gasteiger partial charge in [0.15, 0.2) is 0 Å². The monoisotopic (exact) mass is 461 g/mol. The number of aromatic amines is 1. The summed E-state index contributed by atoms with van der Waals surface area (Å²) >= 11 is 3.51. The summed E-state index contributed by atoms with van der Waals surface area (Å²) in [4.78, 5) is 15.7. The fourth-order valence-corrected chi connectivity index (χ4v) is 4.79. The first-order chi connectivity index (χ1) is 14.5. The standard InChI is InChI=1S/C22H16BrN5O2/c1-2-28-16-9-8-13(23)10-14(16)22(21(28)29)15(11-24)19(25)30-20-17(22)18(26-27-20)12-6-4-3-5-7-12/h3-10H,2,25H2,1H3,(H,26,27). The van der Waals surface area contributed by atoms with Crippen LogP contribution in [0.5, 0.6) is 5.88 Å². The third kappa shape index (κ3) is 2.18. The zero-order valence-corrected chi connectivity index (χ0v) is 17.5. The first-order valence-corrected chi connectivity index (χ1v) is 10.2. The van der Waals surface area contributed by atoms with Gasteiger partial charge < -0.3 is 15.4 Å². The lowest BCUT2D eigenvalue weighted by Gasteiger charge is -2.32. The van der Waals surface area contributed by atoms with Gasteiger partial charge in [-0.05, 0) is 25.1 Å². The Bertz CT molecular complexity index is 1270. The van der Waals surface area contributed by atoms with Crippen molar-refractivity contribution < 1.29 is 9.53 Å². The minimum absolute atomic E-state index is 0.0638. The number of fused-ring (bicyclic) bond motifs is 4. The highest BCUT2D eigenvalue weighted by Gasteiger charge is 2.61. The van der Waals surface area contributed by atoms with Crippen LogP contribution in [0.2, 0.25) is 0 Å². The van der Waals surface area contributed by atoms with Crippen LogP contribution in [0.15, 0.2) is 64.5 Å². The molecule has 0 fully saturated rings. The molecule has 3 aromatic rings. The van der Waals surface area contributed by atoms with Gasteiger partial charge >= 0.3 is 0 Å². The lowest BCUT2D eigenvalue weighted by molar-refractivity contribution is -0.120. The summed E-state index contributed by atoms with van der Waals surface area (Å²) in [7, 11) is 0. The molecule has 0 aliphatic carbocycles. The van der Waals surface area contributed by atoms with E-state index in [0.29, 0.717) is 23.4 Å². The Morgan fingerprint density at radius 1 is 1.30 bits per heavy atom. The smallest absolute Gasteiger partial charge is 0.247 e. The van der Waals surface area contributed by atoms with Gasteiger partial charge in [0.05, 0.1) is 11.3 Å². The van der Waals surface area contributed by atoms with Crippen LogP contribution in [-0.4, -0.2) is 22.6 Å². The molecule has 30 heavy (non-hydrogen) atoms. The zero-order valence-electron chi connectivity index (χ0n) is 15.9. The van der Waals surface area contributed by atoms with Crippen molar-refractivity contribution >= 4 is 27.5 Å². The quantitative estimate of drug-likeness (QED) is 0.606. The summed E-state index contributed by atoms with van der Waals surface area (Å²) in [6.07, 6.45) is 0. The summed E-state index contributed by atoms with van der Waals surface area (Å²) in [5.74, 6) is -0.170. The van der Waals surface area contributed by atoms with E-state index in [-0.39, 0.29) is 23.2 Å². The number of rotatable bonds is 2. The predicted molar refractivity (Wildman–Crippen MR) is 114 cm³/mol. The molecular formula is C22H16BrN5O2. The van der Waals surface area contributed by atoms with Crippen LogP contribution in [0, 0.1) is 11.3 Å². The van der Waals surface area contributed by atoms with Crippen molar-refractivity contribution in [1.29, 1.82) is 5.26 Å². The maximum absolute atomic E-state index is 14.0. The molecule has 0 radical (unpaired) electrons. The number of carbonyl (C=O) groups is 1. The predicted octanol–water partition coefficient (Wildman–Crippen LogP) is 3.58. The number of aromatic nitrogens is 2. The van der Waals surface area contributed by atoms with Gasteiger partial charge in [0.2, 0.25) is 17.7 Å². The van der Waals surface area contributed by atoms with Crippen molar-refractivity contribution in [3.8, 4) is 23.2 Å². The maximum atomic E-state index is 14.0. The molecule has 7 nitrogen and oxygen atoms in total. The molecule has 148 valence electrons. The van der Waals surface area contributed by atoms with E-state index in [4.69, 9.17) is 10.5 Å². The highest BCUT2D eigenvalue weighted by molar-refractivity contribution is 9.10. The Kier molecular flexibility index (Phi) is 3.98. The van der Waals surface area contributed by atoms with E-state index in [1.54, 1.807) is 4.90 Å². The summed E-state index contributed by atoms with van der Waals surface area (Å²) < 4.78 is 6.49. The molecule has 1 atom stereocenters. The number of nitriles is 1. The molecule has 5 rings (SSSR count). The minimum Gasteiger partial charge on any atom is -0.420 e. The third-order valence-electron chi connectivity index (χ3n) is 5.65. The van der Waals surface area contributed by atoms with E-state index < -0.39 is 5.41 Å². The van der Waals surface area contributed by atoms with Gasteiger partial charge in [0.25, 0.3) is 0 Å². The molecule has 8 heteroatoms. The topological polar surface area (TPSA) is 108 Å². The van der Waals surface area contributed by atoms with Crippen molar-refractivity contribution in [1.82, 2.24) is 10.2 Å². The molecule has 3 N–H and O–H groups in total. The van der Waals surface area contributed by atoms with Crippen LogP contribution in [0.3, 0.4) is 0 Å². The van der Waals surface area contributed by atoms with Crippen molar-refractivity contribution in [2.24, 2.45) is 5.73 Å². The Morgan fingerprint density at radius 3 is 2.77 bits per heavy atom. The van der Waals surface area contributed by atoms with Gasteiger partial charge in [-0.2, -0.15) is 5.26 Å². The number of nitrogens with two attached hydrogens (primary N) is 1. The highest BCUT2D eigenvalue weighted by atomic mass is 79.9. The molecule has 3 heterocycles. The molecule has 1 aromatic heterocycles. The largest absolute Gasteiger partial charge is 0.420 e. The Labute approximate surface area is 180 Å². The second kappa shape index (κ2) is 6.47. The average molecular weight is 462 g/mol. The molecule has 2 aliphatic heterocycles. The number of amides is 1. The van der Waals surface area contributed by atoms with Gasteiger partial charge in [-0.25, -0.2) is 0 Å². The highest BCUT2D eigenvalue weighted by Crippen LogP contribution is 2.57. The molecule has 2 aromatic carbocycles. The number of nitrogens with one attached hydrogen (secondary N) is 1. The summed E-state index contributed by atoms with van der Waals surface area (Å²) in [6, 6.07) is 17.3. The number of hydrogen-bond donors (Lipinski definition) is 2. The summed E-state index contributed by atoms with van der Waals surface area (Å²) in [5, 5.41) is 17.4. The average Bonchev–Trinajstić information content (AvgIpc) is 3.27. The summed E-state index contributed by atoms with van der Waals surface area (Å²) in [6.45, 7) is 2.35. The van der Waals surface area contributed by atoms with E-state index in [1.807, 2.05) is 55.5 Å². The van der Waals surface area contributed by atoms with E-state index >= 15 is 0 Å². The molecule has 1 amide bonds. The van der Waals surface area contributed by atoms with Gasteiger partial charge in [-0.15, -0.1) is 5.10 Å². The van der Waals surface area contributed by atoms with Crippen LogP contribution in [0.1, 0.15) is 18.1 Å². The molecule has 0 saturated heterocycles. The molecular weight excluding hydrogens is 446 g/mol. The Balaban J connectivity index is 1.94. The minimum atomic E-state index is -1.44. The SMILES string of the molecule is CCN1C(=O)C2(C(C#N)=C(N)Oc3n[nH]c(-c4ccccc4)c32)c2cc(Br)ccc21. The molecule has 1 unspecified atom stereocenters. The van der Waals surface area contributed by atoms with Crippen molar-refractivity contribution in [3.63, 3.8) is 0 Å². The lowest BCUT2D eigenvalue weighted by atomic mass is 9.68. The van der Waals surface area contributed by atoms with Gasteiger partial charge in [-0.1, -0.05) is 46.3 Å².